The van der Waals surface area contributed by atoms with Crippen LogP contribution in [0.4, 0.5) is 0 Å². The Labute approximate surface area is 109 Å². The fourth-order valence-corrected chi connectivity index (χ4v) is 3.24. The van der Waals surface area contributed by atoms with E-state index >= 15 is 0 Å². The number of carbonyl (C=O) groups excluding carboxylic acids is 2. The van der Waals surface area contributed by atoms with Crippen LogP contribution in [0.25, 0.3) is 0 Å². The van der Waals surface area contributed by atoms with Gasteiger partial charge in [0, 0.05) is 12.8 Å². The molecule has 98 valence electrons. The van der Waals surface area contributed by atoms with E-state index in [2.05, 4.69) is 19.9 Å². The van der Waals surface area contributed by atoms with Gasteiger partial charge in [0.25, 0.3) is 0 Å². The number of carbonyl (C=O) groups is 2. The monoisotopic (exact) mass is 246 g/mol. The minimum Gasteiger partial charge on any atom is -0.299 e. The molecule has 0 aromatic carbocycles. The minimum atomic E-state index is -0.294. The first-order valence-corrected chi connectivity index (χ1v) is 6.95. The highest BCUT2D eigenvalue weighted by Gasteiger charge is 2.44. The second kappa shape index (κ2) is 5.21. The van der Waals surface area contributed by atoms with E-state index in [1.807, 2.05) is 0 Å². The standard InChI is InChI=1S/C16H22O2/c1-12(2)5-4-9-16-10-8-14(17)11-13(16)6-3-7-15(16)18/h5,11H,3-4,6-10H2,1-2H3/t16-/m0/s1. The van der Waals surface area contributed by atoms with Crippen LogP contribution in [0.5, 0.6) is 0 Å². The molecular formula is C16H22O2. The molecule has 0 N–H and O–H groups in total. The Bertz CT molecular complexity index is 424. The number of hydrogen-bond donors (Lipinski definition) is 0. The van der Waals surface area contributed by atoms with Crippen molar-refractivity contribution in [2.75, 3.05) is 0 Å². The predicted octanol–water partition coefficient (Wildman–Crippen LogP) is 3.76. The minimum absolute atomic E-state index is 0.206. The molecule has 2 nitrogen and oxygen atoms in total. The molecule has 0 unspecified atom stereocenters. The Balaban J connectivity index is 2.23. The van der Waals surface area contributed by atoms with Gasteiger partial charge in [0.15, 0.2) is 5.78 Å². The summed E-state index contributed by atoms with van der Waals surface area (Å²) in [6.07, 6.45) is 9.63. The van der Waals surface area contributed by atoms with Crippen molar-refractivity contribution in [1.82, 2.24) is 0 Å². The van der Waals surface area contributed by atoms with Gasteiger partial charge in [0.2, 0.25) is 0 Å². The molecule has 0 heterocycles. The number of fused-ring (bicyclic) bond motifs is 1. The number of Topliss-reactive ketones (excluding diaryl/α,β-unsaturated/α-hetero) is 1. The molecule has 18 heavy (non-hydrogen) atoms. The summed E-state index contributed by atoms with van der Waals surface area (Å²) in [6, 6.07) is 0. The molecule has 1 fully saturated rings. The molecule has 0 bridgehead atoms. The summed E-state index contributed by atoms with van der Waals surface area (Å²) in [5.74, 6) is 0.576. The topological polar surface area (TPSA) is 34.1 Å². The highest BCUT2D eigenvalue weighted by molar-refractivity contribution is 5.97. The van der Waals surface area contributed by atoms with Gasteiger partial charge >= 0.3 is 0 Å². The van der Waals surface area contributed by atoms with Gasteiger partial charge in [-0.3, -0.25) is 9.59 Å². The van der Waals surface area contributed by atoms with Gasteiger partial charge in [-0.1, -0.05) is 17.2 Å². The maximum Gasteiger partial charge on any atom is 0.155 e. The van der Waals surface area contributed by atoms with Gasteiger partial charge < -0.3 is 0 Å². The lowest BCUT2D eigenvalue weighted by Gasteiger charge is -2.40. The summed E-state index contributed by atoms with van der Waals surface area (Å²) < 4.78 is 0. The molecule has 2 rings (SSSR count). The predicted molar refractivity (Wildman–Crippen MR) is 72.3 cm³/mol. The fourth-order valence-electron chi connectivity index (χ4n) is 3.24. The smallest absolute Gasteiger partial charge is 0.155 e. The van der Waals surface area contributed by atoms with Crippen molar-refractivity contribution in [3.63, 3.8) is 0 Å². The van der Waals surface area contributed by atoms with Crippen molar-refractivity contribution in [1.29, 1.82) is 0 Å². The summed E-state index contributed by atoms with van der Waals surface area (Å²) in [5, 5.41) is 0. The molecule has 0 aromatic rings. The lowest BCUT2D eigenvalue weighted by Crippen LogP contribution is -2.39. The zero-order valence-electron chi connectivity index (χ0n) is 11.4. The number of ketones is 2. The van der Waals surface area contributed by atoms with Crippen molar-refractivity contribution in [2.45, 2.75) is 58.8 Å². The summed E-state index contributed by atoms with van der Waals surface area (Å²) in [4.78, 5) is 23.9. The van der Waals surface area contributed by atoms with Crippen LogP contribution in [0.1, 0.15) is 58.8 Å². The first kappa shape index (κ1) is 13.3. The highest BCUT2D eigenvalue weighted by Crippen LogP contribution is 2.47. The zero-order valence-corrected chi connectivity index (χ0v) is 11.4. The molecule has 1 atom stereocenters. The van der Waals surface area contributed by atoms with Crippen molar-refractivity contribution in [3.8, 4) is 0 Å². The molecule has 1 saturated carbocycles. The van der Waals surface area contributed by atoms with Crippen LogP contribution in [0.15, 0.2) is 23.3 Å². The molecule has 2 aliphatic rings. The Kier molecular flexibility index (Phi) is 3.84. The van der Waals surface area contributed by atoms with Gasteiger partial charge in [0.05, 0.1) is 5.41 Å². The van der Waals surface area contributed by atoms with E-state index in [0.29, 0.717) is 18.6 Å². The lowest BCUT2D eigenvalue weighted by atomic mass is 9.61. The van der Waals surface area contributed by atoms with Gasteiger partial charge in [-0.25, -0.2) is 0 Å². The second-order valence-corrected chi connectivity index (χ2v) is 5.81. The van der Waals surface area contributed by atoms with E-state index < -0.39 is 0 Å². The van der Waals surface area contributed by atoms with Crippen LogP contribution >= 0.6 is 0 Å². The van der Waals surface area contributed by atoms with Gasteiger partial charge in [0.1, 0.15) is 5.78 Å². The van der Waals surface area contributed by atoms with Crippen LogP contribution < -0.4 is 0 Å². The lowest BCUT2D eigenvalue weighted by molar-refractivity contribution is -0.130. The molecule has 0 amide bonds. The van der Waals surface area contributed by atoms with E-state index in [-0.39, 0.29) is 11.2 Å². The SMILES string of the molecule is CC(C)=CCC[C@]12CCC(=O)C=C1CCCC2=O. The van der Waals surface area contributed by atoms with Gasteiger partial charge in [-0.05, 0) is 52.0 Å². The molecule has 0 aromatic heterocycles. The quantitative estimate of drug-likeness (QED) is 0.710. The van der Waals surface area contributed by atoms with Crippen LogP contribution in [0, 0.1) is 5.41 Å². The number of rotatable bonds is 3. The Morgan fingerprint density at radius 1 is 1.28 bits per heavy atom. The van der Waals surface area contributed by atoms with Gasteiger partial charge in [-0.15, -0.1) is 0 Å². The number of hydrogen-bond acceptors (Lipinski definition) is 2. The van der Waals surface area contributed by atoms with Crippen LogP contribution in [0.3, 0.4) is 0 Å². The highest BCUT2D eigenvalue weighted by atomic mass is 16.1. The Morgan fingerprint density at radius 2 is 2.06 bits per heavy atom. The first-order chi connectivity index (χ1) is 8.54. The summed E-state index contributed by atoms with van der Waals surface area (Å²) in [7, 11) is 0. The van der Waals surface area contributed by atoms with E-state index in [4.69, 9.17) is 0 Å². The summed E-state index contributed by atoms with van der Waals surface area (Å²) in [5.41, 5.74) is 2.13. The Morgan fingerprint density at radius 3 is 2.78 bits per heavy atom. The third-order valence-electron chi connectivity index (χ3n) is 4.26. The van der Waals surface area contributed by atoms with Crippen molar-refractivity contribution in [3.05, 3.63) is 23.3 Å². The largest absolute Gasteiger partial charge is 0.299 e. The van der Waals surface area contributed by atoms with Gasteiger partial charge in [-0.2, -0.15) is 0 Å². The molecule has 0 aliphatic heterocycles. The van der Waals surface area contributed by atoms with Crippen LogP contribution in [0.2, 0.25) is 0 Å². The maximum atomic E-state index is 12.4. The van der Waals surface area contributed by atoms with Crippen molar-refractivity contribution < 1.29 is 9.59 Å². The molecule has 0 radical (unpaired) electrons. The maximum absolute atomic E-state index is 12.4. The molecule has 2 aliphatic carbocycles. The third kappa shape index (κ3) is 2.47. The van der Waals surface area contributed by atoms with Crippen molar-refractivity contribution in [2.24, 2.45) is 5.41 Å². The summed E-state index contributed by atoms with van der Waals surface area (Å²) in [6.45, 7) is 4.17. The van der Waals surface area contributed by atoms with Crippen LogP contribution in [-0.2, 0) is 9.59 Å². The molecule has 2 heteroatoms. The second-order valence-electron chi connectivity index (χ2n) is 5.81. The van der Waals surface area contributed by atoms with E-state index in [0.717, 1.165) is 37.7 Å². The Hall–Kier alpha value is -1.18. The van der Waals surface area contributed by atoms with E-state index in [1.54, 1.807) is 6.08 Å². The normalized spacial score (nSPS) is 27.6. The average molecular weight is 246 g/mol. The first-order valence-electron chi connectivity index (χ1n) is 6.95. The average Bonchev–Trinajstić information content (AvgIpc) is 2.30. The van der Waals surface area contributed by atoms with Crippen molar-refractivity contribution >= 4 is 11.6 Å². The van der Waals surface area contributed by atoms with E-state index in [1.165, 1.54) is 5.57 Å². The fraction of sp³-hybridized carbons (Fsp3) is 0.625. The molecule has 0 spiro atoms. The number of allylic oxidation sites excluding steroid dienone is 4. The summed E-state index contributed by atoms with van der Waals surface area (Å²) >= 11 is 0. The molecule has 0 saturated heterocycles. The zero-order chi connectivity index (χ0) is 13.2. The van der Waals surface area contributed by atoms with Crippen LogP contribution in [-0.4, -0.2) is 11.6 Å². The van der Waals surface area contributed by atoms with E-state index in [9.17, 15) is 9.59 Å². The third-order valence-corrected chi connectivity index (χ3v) is 4.26. The molecular weight excluding hydrogens is 224 g/mol.